The number of carbonyl (C=O) groups is 2. The maximum atomic E-state index is 13.2. The van der Waals surface area contributed by atoms with Crippen LogP contribution in [0.3, 0.4) is 0 Å². The summed E-state index contributed by atoms with van der Waals surface area (Å²) in [6, 6.07) is 11.5. The van der Waals surface area contributed by atoms with Crippen LogP contribution in [0.1, 0.15) is 55.4 Å². The maximum Gasteiger partial charge on any atom is 0.324 e. The summed E-state index contributed by atoms with van der Waals surface area (Å²) in [4.78, 5) is 31.8. The molecule has 9 nitrogen and oxygen atoms in total. The fourth-order valence-electron chi connectivity index (χ4n) is 4.36. The van der Waals surface area contributed by atoms with Crippen LogP contribution in [0.5, 0.6) is 5.75 Å². The van der Waals surface area contributed by atoms with E-state index in [-0.39, 0.29) is 29.9 Å². The Balaban J connectivity index is 1.24. The molecule has 4 rings (SSSR count). The first-order valence-electron chi connectivity index (χ1n) is 13.3. The molecule has 0 saturated carbocycles. The average molecular weight is 556 g/mol. The summed E-state index contributed by atoms with van der Waals surface area (Å²) in [5, 5.41) is 8.74. The average Bonchev–Trinajstić information content (AvgIpc) is 3.43. The van der Waals surface area contributed by atoms with Crippen molar-refractivity contribution in [3.63, 3.8) is 0 Å². The molecule has 1 fully saturated rings. The SMILES string of the molecule is CC(C)N1CCC(Oc2ccc(C(=O)Cc3ccc(NC(=O)Nc4cc(C(C)(CF)CF)on4)cc3)nc2)CC1. The summed E-state index contributed by atoms with van der Waals surface area (Å²) in [5.74, 6) is 0.559. The molecule has 214 valence electrons. The topological polar surface area (TPSA) is 110 Å². The molecule has 3 heterocycles. The fraction of sp³-hybridized carbons (Fsp3) is 0.448. The van der Waals surface area contributed by atoms with Gasteiger partial charge in [-0.05, 0) is 63.4 Å². The Hall–Kier alpha value is -3.86. The molecule has 2 aromatic heterocycles. The van der Waals surface area contributed by atoms with E-state index < -0.39 is 24.8 Å². The van der Waals surface area contributed by atoms with E-state index >= 15 is 0 Å². The molecule has 40 heavy (non-hydrogen) atoms. The predicted octanol–water partition coefficient (Wildman–Crippen LogP) is 5.59. The predicted molar refractivity (Wildman–Crippen MR) is 148 cm³/mol. The molecule has 0 aliphatic carbocycles. The largest absolute Gasteiger partial charge is 0.489 e. The van der Waals surface area contributed by atoms with Crippen molar-refractivity contribution in [2.45, 2.75) is 57.6 Å². The van der Waals surface area contributed by atoms with E-state index in [0.717, 1.165) is 31.5 Å². The van der Waals surface area contributed by atoms with E-state index in [1.807, 2.05) is 0 Å². The summed E-state index contributed by atoms with van der Waals surface area (Å²) >= 11 is 0. The number of likely N-dealkylation sites (tertiary alicyclic amines) is 1. The number of carbonyl (C=O) groups excluding carboxylic acids is 2. The number of alkyl halides is 2. The molecule has 3 aromatic rings. The lowest BCUT2D eigenvalue weighted by molar-refractivity contribution is 0.0840. The van der Waals surface area contributed by atoms with Gasteiger partial charge in [0.25, 0.3) is 0 Å². The number of amides is 2. The van der Waals surface area contributed by atoms with Crippen LogP contribution >= 0.6 is 0 Å². The van der Waals surface area contributed by atoms with E-state index in [1.54, 1.807) is 42.6 Å². The molecule has 0 unspecified atom stereocenters. The summed E-state index contributed by atoms with van der Waals surface area (Å²) < 4.78 is 37.4. The molecule has 2 N–H and O–H groups in total. The van der Waals surface area contributed by atoms with Crippen molar-refractivity contribution >= 4 is 23.3 Å². The van der Waals surface area contributed by atoms with Gasteiger partial charge in [-0.2, -0.15) is 0 Å². The van der Waals surface area contributed by atoms with Crippen LogP contribution in [-0.4, -0.2) is 65.4 Å². The molecule has 0 spiro atoms. The van der Waals surface area contributed by atoms with Gasteiger partial charge in [0.2, 0.25) is 0 Å². The Labute approximate surface area is 232 Å². The zero-order chi connectivity index (χ0) is 28.7. The minimum atomic E-state index is -1.45. The molecule has 11 heteroatoms. The van der Waals surface area contributed by atoms with Crippen molar-refractivity contribution in [3.05, 3.63) is 65.7 Å². The van der Waals surface area contributed by atoms with Crippen LogP contribution in [0.2, 0.25) is 0 Å². The molecule has 1 aliphatic rings. The van der Waals surface area contributed by atoms with Gasteiger partial charge >= 0.3 is 6.03 Å². The fourth-order valence-corrected chi connectivity index (χ4v) is 4.36. The highest BCUT2D eigenvalue weighted by Gasteiger charge is 2.32. The zero-order valence-corrected chi connectivity index (χ0v) is 23.0. The maximum absolute atomic E-state index is 13.2. The number of aromatic nitrogens is 2. The van der Waals surface area contributed by atoms with Gasteiger partial charge in [-0.15, -0.1) is 0 Å². The van der Waals surface area contributed by atoms with Crippen LogP contribution in [0.15, 0.2) is 53.2 Å². The van der Waals surface area contributed by atoms with Crippen molar-refractivity contribution < 1.29 is 27.6 Å². The Bertz CT molecular complexity index is 1270. The van der Waals surface area contributed by atoms with Gasteiger partial charge in [-0.3, -0.25) is 10.1 Å². The number of benzene rings is 1. The third kappa shape index (κ3) is 7.41. The zero-order valence-electron chi connectivity index (χ0n) is 23.0. The van der Waals surface area contributed by atoms with Crippen molar-refractivity contribution in [1.29, 1.82) is 0 Å². The Morgan fingerprint density at radius 2 is 1.80 bits per heavy atom. The van der Waals surface area contributed by atoms with Gasteiger partial charge in [-0.25, -0.2) is 18.6 Å². The van der Waals surface area contributed by atoms with Gasteiger partial charge in [0.05, 0.1) is 11.6 Å². The highest BCUT2D eigenvalue weighted by Crippen LogP contribution is 2.27. The third-order valence-corrected chi connectivity index (χ3v) is 7.04. The number of hydrogen-bond acceptors (Lipinski definition) is 7. The van der Waals surface area contributed by atoms with Crippen LogP contribution in [-0.2, 0) is 11.8 Å². The van der Waals surface area contributed by atoms with Crippen molar-refractivity contribution in [2.24, 2.45) is 0 Å². The summed E-state index contributed by atoms with van der Waals surface area (Å²) in [6.45, 7) is 5.85. The smallest absolute Gasteiger partial charge is 0.324 e. The number of rotatable bonds is 11. The first kappa shape index (κ1) is 29.1. The number of hydrogen-bond donors (Lipinski definition) is 2. The number of anilines is 2. The standard InChI is InChI=1S/C29H35F2N5O4/c1-19(2)36-12-10-22(11-13-36)39-23-8-9-24(32-16-23)25(37)14-20-4-6-21(7-5-20)33-28(38)34-27-15-26(40-35-27)29(3,17-30)18-31/h4-9,15-16,19,22H,10-14,17-18H2,1-3H3,(H2,33,34,35,38). The second-order valence-corrected chi connectivity index (χ2v) is 10.6. The number of ketones is 1. The number of nitrogens with zero attached hydrogens (tertiary/aromatic N) is 3. The normalized spacial score (nSPS) is 14.8. The van der Waals surface area contributed by atoms with E-state index in [0.29, 0.717) is 23.2 Å². The van der Waals surface area contributed by atoms with Crippen molar-refractivity contribution in [3.8, 4) is 5.75 Å². The van der Waals surface area contributed by atoms with Crippen molar-refractivity contribution in [2.75, 3.05) is 37.1 Å². The molecule has 1 saturated heterocycles. The second-order valence-electron chi connectivity index (χ2n) is 10.6. The van der Waals surface area contributed by atoms with Crippen LogP contribution in [0.4, 0.5) is 25.1 Å². The van der Waals surface area contributed by atoms with E-state index in [9.17, 15) is 18.4 Å². The number of nitrogens with one attached hydrogen (secondary N) is 2. The summed E-state index contributed by atoms with van der Waals surface area (Å²) in [7, 11) is 0. The van der Waals surface area contributed by atoms with Gasteiger partial charge < -0.3 is 19.5 Å². The number of Topliss-reactive ketones (excluding diaryl/α,β-unsaturated/α-hetero) is 1. The van der Waals surface area contributed by atoms with Gasteiger partial charge in [-0.1, -0.05) is 17.3 Å². The number of ether oxygens (including phenoxy) is 1. The number of halogens is 2. The molecule has 1 aromatic carbocycles. The summed E-state index contributed by atoms with van der Waals surface area (Å²) in [5.41, 5.74) is 0.140. The lowest BCUT2D eigenvalue weighted by atomic mass is 9.91. The summed E-state index contributed by atoms with van der Waals surface area (Å²) in [6.07, 6.45) is 3.83. The molecule has 0 radical (unpaired) electrons. The highest BCUT2D eigenvalue weighted by atomic mass is 19.1. The van der Waals surface area contributed by atoms with Crippen LogP contribution in [0, 0.1) is 0 Å². The highest BCUT2D eigenvalue weighted by molar-refractivity contribution is 5.99. The van der Waals surface area contributed by atoms with Crippen LogP contribution in [0.25, 0.3) is 0 Å². The molecule has 1 aliphatic heterocycles. The molecule has 0 bridgehead atoms. The lowest BCUT2D eigenvalue weighted by Gasteiger charge is -2.34. The Morgan fingerprint density at radius 3 is 2.40 bits per heavy atom. The Kier molecular flexibility index (Phi) is 9.46. The quantitative estimate of drug-likeness (QED) is 0.297. The molecular weight excluding hydrogens is 520 g/mol. The number of piperidine rings is 1. The van der Waals surface area contributed by atoms with Gasteiger partial charge in [0.15, 0.2) is 11.6 Å². The van der Waals surface area contributed by atoms with E-state index in [1.165, 1.54) is 13.0 Å². The first-order valence-corrected chi connectivity index (χ1v) is 13.3. The van der Waals surface area contributed by atoms with Gasteiger partial charge in [0.1, 0.15) is 36.7 Å². The molecular formula is C29H35F2N5O4. The van der Waals surface area contributed by atoms with E-state index in [2.05, 4.69) is 39.5 Å². The lowest BCUT2D eigenvalue weighted by Crippen LogP contribution is -2.41. The van der Waals surface area contributed by atoms with Gasteiger partial charge in [0, 0.05) is 37.3 Å². The Morgan fingerprint density at radius 1 is 1.10 bits per heavy atom. The minimum Gasteiger partial charge on any atom is -0.489 e. The molecule has 2 amide bonds. The monoisotopic (exact) mass is 555 g/mol. The van der Waals surface area contributed by atoms with Crippen LogP contribution < -0.4 is 15.4 Å². The van der Waals surface area contributed by atoms with E-state index in [4.69, 9.17) is 9.26 Å². The third-order valence-electron chi connectivity index (χ3n) is 7.04. The number of pyridine rings is 1. The first-order chi connectivity index (χ1) is 19.2. The van der Waals surface area contributed by atoms with Crippen molar-refractivity contribution in [1.82, 2.24) is 15.0 Å². The minimum absolute atomic E-state index is 0.000792. The number of urea groups is 1. The second kappa shape index (κ2) is 13.0. The molecule has 0 atom stereocenters.